The summed E-state index contributed by atoms with van der Waals surface area (Å²) in [6.07, 6.45) is 0. The summed E-state index contributed by atoms with van der Waals surface area (Å²) < 4.78 is 4.58. The molecule has 0 aromatic carbocycles. The number of rotatable bonds is 3. The van der Waals surface area contributed by atoms with Crippen LogP contribution in [0.2, 0.25) is 0 Å². The Kier molecular flexibility index (Phi) is 3.82. The highest BCUT2D eigenvalue weighted by molar-refractivity contribution is 5.92. The number of amides is 1. The average Bonchev–Trinajstić information content (AvgIpc) is 2.05. The monoisotopic (exact) mass is 160 g/mol. The number of ether oxygens (including phenoxy) is 1. The standard InChI is InChI=1S/C5H12N4O2/c1-8-5(10)3(9-7)4(6)11-2/h9H,6-7H2,1-2H3,(H,8,10)/b4-3+. The zero-order valence-corrected chi connectivity index (χ0v) is 6.47. The number of carbonyl (C=O) groups excluding carboxylic acids is 1. The van der Waals surface area contributed by atoms with Gasteiger partial charge in [-0.2, -0.15) is 0 Å². The van der Waals surface area contributed by atoms with Gasteiger partial charge in [-0.25, -0.2) is 0 Å². The van der Waals surface area contributed by atoms with E-state index in [2.05, 4.69) is 15.5 Å². The third kappa shape index (κ3) is 2.34. The van der Waals surface area contributed by atoms with Crippen molar-refractivity contribution in [1.29, 1.82) is 0 Å². The maximum absolute atomic E-state index is 10.9. The quantitative estimate of drug-likeness (QED) is 0.165. The first-order valence-electron chi connectivity index (χ1n) is 2.89. The summed E-state index contributed by atoms with van der Waals surface area (Å²) in [5.74, 6) is 4.52. The Morgan fingerprint density at radius 2 is 2.09 bits per heavy atom. The van der Waals surface area contributed by atoms with E-state index in [1.54, 1.807) is 0 Å². The minimum atomic E-state index is -0.424. The molecule has 1 amide bonds. The van der Waals surface area contributed by atoms with Crippen molar-refractivity contribution >= 4 is 5.91 Å². The van der Waals surface area contributed by atoms with Gasteiger partial charge in [-0.1, -0.05) is 0 Å². The molecule has 0 saturated carbocycles. The molecular formula is C5H12N4O2. The summed E-state index contributed by atoms with van der Waals surface area (Å²) in [5.41, 5.74) is 7.39. The molecule has 0 bridgehead atoms. The first kappa shape index (κ1) is 9.57. The molecule has 0 aromatic rings. The molecule has 0 saturated heterocycles. The third-order valence-corrected chi connectivity index (χ3v) is 1.06. The van der Waals surface area contributed by atoms with E-state index < -0.39 is 5.91 Å². The van der Waals surface area contributed by atoms with Gasteiger partial charge in [0.05, 0.1) is 7.11 Å². The highest BCUT2D eigenvalue weighted by Gasteiger charge is 2.10. The van der Waals surface area contributed by atoms with E-state index in [1.807, 2.05) is 0 Å². The van der Waals surface area contributed by atoms with E-state index in [9.17, 15) is 4.79 Å². The molecule has 64 valence electrons. The van der Waals surface area contributed by atoms with Gasteiger partial charge in [0, 0.05) is 7.05 Å². The van der Waals surface area contributed by atoms with Crippen molar-refractivity contribution in [3.05, 3.63) is 11.6 Å². The first-order valence-corrected chi connectivity index (χ1v) is 2.89. The summed E-state index contributed by atoms with van der Waals surface area (Å²) in [6.45, 7) is 0. The van der Waals surface area contributed by atoms with Crippen molar-refractivity contribution in [2.24, 2.45) is 11.6 Å². The van der Waals surface area contributed by atoms with Gasteiger partial charge < -0.3 is 21.2 Å². The smallest absolute Gasteiger partial charge is 0.273 e. The van der Waals surface area contributed by atoms with Crippen LogP contribution >= 0.6 is 0 Å². The van der Waals surface area contributed by atoms with E-state index in [0.717, 1.165) is 0 Å². The van der Waals surface area contributed by atoms with Crippen molar-refractivity contribution in [1.82, 2.24) is 10.7 Å². The second kappa shape index (κ2) is 4.40. The fraction of sp³-hybridized carbons (Fsp3) is 0.400. The van der Waals surface area contributed by atoms with Crippen LogP contribution in [0, 0.1) is 0 Å². The summed E-state index contributed by atoms with van der Waals surface area (Å²) in [5, 5.41) is 2.33. The molecule has 0 aromatic heterocycles. The lowest BCUT2D eigenvalue weighted by Gasteiger charge is -2.07. The van der Waals surface area contributed by atoms with Gasteiger partial charge in [0.1, 0.15) is 0 Å². The molecule has 0 radical (unpaired) electrons. The Hall–Kier alpha value is -1.43. The summed E-state index contributed by atoms with van der Waals surface area (Å²) in [6, 6.07) is 0. The van der Waals surface area contributed by atoms with E-state index in [1.165, 1.54) is 14.2 Å². The highest BCUT2D eigenvalue weighted by Crippen LogP contribution is 1.92. The van der Waals surface area contributed by atoms with Gasteiger partial charge in [-0.3, -0.25) is 10.6 Å². The molecule has 6 N–H and O–H groups in total. The molecule has 0 spiro atoms. The molecule has 0 aliphatic carbocycles. The van der Waals surface area contributed by atoms with Crippen LogP contribution in [0.15, 0.2) is 11.6 Å². The molecule has 0 aliphatic heterocycles. The number of hydrogen-bond acceptors (Lipinski definition) is 5. The van der Waals surface area contributed by atoms with Crippen molar-refractivity contribution in [2.45, 2.75) is 0 Å². The molecule has 6 nitrogen and oxygen atoms in total. The maximum Gasteiger partial charge on any atom is 0.273 e. The number of nitrogens with two attached hydrogens (primary N) is 2. The lowest BCUT2D eigenvalue weighted by Crippen LogP contribution is -2.36. The fourth-order valence-electron chi connectivity index (χ4n) is 0.476. The summed E-state index contributed by atoms with van der Waals surface area (Å²) >= 11 is 0. The van der Waals surface area contributed by atoms with E-state index in [-0.39, 0.29) is 11.6 Å². The van der Waals surface area contributed by atoms with Gasteiger partial charge >= 0.3 is 0 Å². The summed E-state index contributed by atoms with van der Waals surface area (Å²) in [4.78, 5) is 10.9. The van der Waals surface area contributed by atoms with Crippen LogP contribution in [0.4, 0.5) is 0 Å². The van der Waals surface area contributed by atoms with Crippen molar-refractivity contribution in [3.8, 4) is 0 Å². The van der Waals surface area contributed by atoms with Gasteiger partial charge in [0.15, 0.2) is 5.70 Å². The Labute approximate surface area is 64.5 Å². The Bertz CT molecular complexity index is 177. The van der Waals surface area contributed by atoms with Gasteiger partial charge in [-0.05, 0) is 0 Å². The third-order valence-electron chi connectivity index (χ3n) is 1.06. The molecule has 11 heavy (non-hydrogen) atoms. The van der Waals surface area contributed by atoms with Gasteiger partial charge in [0.25, 0.3) is 5.91 Å². The van der Waals surface area contributed by atoms with Crippen LogP contribution in [0.3, 0.4) is 0 Å². The molecule has 0 fully saturated rings. The molecule has 0 atom stereocenters. The zero-order chi connectivity index (χ0) is 8.85. The largest absolute Gasteiger partial charge is 0.481 e. The topological polar surface area (TPSA) is 102 Å². The van der Waals surface area contributed by atoms with Crippen molar-refractivity contribution < 1.29 is 9.53 Å². The van der Waals surface area contributed by atoms with Crippen LogP contribution in [0.25, 0.3) is 0 Å². The van der Waals surface area contributed by atoms with Crippen LogP contribution < -0.4 is 22.3 Å². The van der Waals surface area contributed by atoms with Crippen LogP contribution in [-0.2, 0) is 9.53 Å². The fourth-order valence-corrected chi connectivity index (χ4v) is 0.476. The zero-order valence-electron chi connectivity index (χ0n) is 6.47. The molecule has 0 unspecified atom stereocenters. The van der Waals surface area contributed by atoms with Crippen molar-refractivity contribution in [3.63, 3.8) is 0 Å². The lowest BCUT2D eigenvalue weighted by molar-refractivity contribution is -0.117. The second-order valence-corrected chi connectivity index (χ2v) is 1.67. The first-order chi connectivity index (χ1) is 5.17. The second-order valence-electron chi connectivity index (χ2n) is 1.67. The minimum absolute atomic E-state index is 0.00926. The van der Waals surface area contributed by atoms with Crippen LogP contribution in [0.5, 0.6) is 0 Å². The Balaban J connectivity index is 4.50. The maximum atomic E-state index is 10.9. The molecule has 0 heterocycles. The normalized spacial score (nSPS) is 11.5. The molecule has 0 rings (SSSR count). The highest BCUT2D eigenvalue weighted by atomic mass is 16.5. The molecule has 6 heteroatoms. The van der Waals surface area contributed by atoms with E-state index in [4.69, 9.17) is 11.6 Å². The number of carbonyl (C=O) groups is 1. The van der Waals surface area contributed by atoms with Gasteiger partial charge in [-0.15, -0.1) is 0 Å². The lowest BCUT2D eigenvalue weighted by atomic mass is 10.4. The summed E-state index contributed by atoms with van der Waals surface area (Å²) in [7, 11) is 2.80. The van der Waals surface area contributed by atoms with Crippen LogP contribution in [-0.4, -0.2) is 20.1 Å². The molecule has 0 aliphatic rings. The van der Waals surface area contributed by atoms with Crippen LogP contribution in [0.1, 0.15) is 0 Å². The van der Waals surface area contributed by atoms with E-state index in [0.29, 0.717) is 0 Å². The number of hydrazine groups is 1. The average molecular weight is 160 g/mol. The predicted molar refractivity (Wildman–Crippen MR) is 39.6 cm³/mol. The number of hydrogen-bond donors (Lipinski definition) is 4. The Morgan fingerprint density at radius 3 is 2.36 bits per heavy atom. The van der Waals surface area contributed by atoms with Gasteiger partial charge in [0.2, 0.25) is 5.88 Å². The minimum Gasteiger partial charge on any atom is -0.481 e. The predicted octanol–water partition coefficient (Wildman–Crippen LogP) is -2.03. The number of likely N-dealkylation sites (N-methyl/N-ethyl adjacent to an activating group) is 1. The molecular weight excluding hydrogens is 148 g/mol. The Morgan fingerprint density at radius 1 is 1.55 bits per heavy atom. The SMILES string of the molecule is CNC(=O)/C(NN)=C(/N)OC. The van der Waals surface area contributed by atoms with Crippen molar-refractivity contribution in [2.75, 3.05) is 14.2 Å². The van der Waals surface area contributed by atoms with E-state index >= 15 is 0 Å². The number of methoxy groups -OCH3 is 1. The number of nitrogens with one attached hydrogen (secondary N) is 2.